The standard InChI is InChI=1S/C17H22N2O3S/c1-4-15(13-5-7-14(22-3)8-6-13)18-16(20)9-10-19-12(2)11-23-17(19)21/h5-8,11,15H,4,9-10H2,1-3H3,(H,18,20). The van der Waals surface area contributed by atoms with Crippen molar-refractivity contribution in [3.05, 3.63) is 50.6 Å². The summed E-state index contributed by atoms with van der Waals surface area (Å²) >= 11 is 1.17. The molecule has 124 valence electrons. The zero-order chi connectivity index (χ0) is 16.8. The maximum Gasteiger partial charge on any atom is 0.307 e. The highest BCUT2D eigenvalue weighted by Gasteiger charge is 2.13. The highest BCUT2D eigenvalue weighted by atomic mass is 32.1. The van der Waals surface area contributed by atoms with E-state index >= 15 is 0 Å². The van der Waals surface area contributed by atoms with Crippen molar-refractivity contribution in [1.29, 1.82) is 0 Å². The first-order valence-corrected chi connectivity index (χ1v) is 8.51. The van der Waals surface area contributed by atoms with E-state index in [1.807, 2.05) is 43.5 Å². The van der Waals surface area contributed by atoms with Crippen LogP contribution in [0.1, 0.15) is 37.1 Å². The molecule has 1 atom stereocenters. The predicted octanol–water partition coefficient (Wildman–Crippen LogP) is 2.88. The van der Waals surface area contributed by atoms with Crippen molar-refractivity contribution in [3.63, 3.8) is 0 Å². The molecule has 0 aliphatic heterocycles. The van der Waals surface area contributed by atoms with Crippen LogP contribution in [0.25, 0.3) is 0 Å². The molecule has 0 aliphatic rings. The normalized spacial score (nSPS) is 12.0. The summed E-state index contributed by atoms with van der Waals surface area (Å²) in [6.45, 7) is 4.32. The summed E-state index contributed by atoms with van der Waals surface area (Å²) in [5.74, 6) is 0.743. The van der Waals surface area contributed by atoms with Gasteiger partial charge in [-0.3, -0.25) is 9.59 Å². The lowest BCUT2D eigenvalue weighted by Gasteiger charge is -2.18. The van der Waals surface area contributed by atoms with E-state index in [4.69, 9.17) is 4.74 Å². The number of methoxy groups -OCH3 is 1. The van der Waals surface area contributed by atoms with E-state index in [9.17, 15) is 9.59 Å². The maximum atomic E-state index is 12.2. The molecule has 0 spiro atoms. The number of carbonyl (C=O) groups excluding carboxylic acids is 1. The predicted molar refractivity (Wildman–Crippen MR) is 92.1 cm³/mol. The van der Waals surface area contributed by atoms with E-state index in [0.29, 0.717) is 13.0 Å². The van der Waals surface area contributed by atoms with Crippen molar-refractivity contribution >= 4 is 17.2 Å². The Balaban J connectivity index is 1.95. The lowest BCUT2D eigenvalue weighted by Crippen LogP contribution is -2.29. The summed E-state index contributed by atoms with van der Waals surface area (Å²) in [5, 5.41) is 4.84. The van der Waals surface area contributed by atoms with Gasteiger partial charge >= 0.3 is 4.87 Å². The Labute approximate surface area is 139 Å². The van der Waals surface area contributed by atoms with Crippen molar-refractivity contribution in [2.45, 2.75) is 39.3 Å². The zero-order valence-electron chi connectivity index (χ0n) is 13.7. The molecule has 0 bridgehead atoms. The van der Waals surface area contributed by atoms with Gasteiger partial charge in [-0.2, -0.15) is 0 Å². The number of amides is 1. The summed E-state index contributed by atoms with van der Waals surface area (Å²) in [5.41, 5.74) is 1.94. The summed E-state index contributed by atoms with van der Waals surface area (Å²) in [4.78, 5) is 23.8. The van der Waals surface area contributed by atoms with Gasteiger partial charge in [0.15, 0.2) is 0 Å². The van der Waals surface area contributed by atoms with Crippen LogP contribution in [-0.4, -0.2) is 17.6 Å². The van der Waals surface area contributed by atoms with E-state index in [2.05, 4.69) is 5.32 Å². The Kier molecular flexibility index (Phi) is 5.98. The van der Waals surface area contributed by atoms with E-state index in [-0.39, 0.29) is 16.8 Å². The van der Waals surface area contributed by atoms with Crippen LogP contribution >= 0.6 is 11.3 Å². The molecule has 0 saturated heterocycles. The summed E-state index contributed by atoms with van der Waals surface area (Å²) in [7, 11) is 1.63. The molecule has 0 radical (unpaired) electrons. The van der Waals surface area contributed by atoms with Gasteiger partial charge in [-0.05, 0) is 31.0 Å². The molecule has 0 fully saturated rings. The molecule has 1 unspecified atom stereocenters. The largest absolute Gasteiger partial charge is 0.497 e. The molecule has 2 aromatic rings. The van der Waals surface area contributed by atoms with Gasteiger partial charge < -0.3 is 14.6 Å². The van der Waals surface area contributed by atoms with Crippen LogP contribution in [0.5, 0.6) is 5.75 Å². The van der Waals surface area contributed by atoms with Gasteiger partial charge in [-0.15, -0.1) is 0 Å². The zero-order valence-corrected chi connectivity index (χ0v) is 14.5. The number of rotatable bonds is 7. The average Bonchev–Trinajstić information content (AvgIpc) is 2.89. The minimum absolute atomic E-state index is 0.0162. The molecule has 1 aromatic carbocycles. The maximum absolute atomic E-state index is 12.2. The summed E-state index contributed by atoms with van der Waals surface area (Å²) < 4.78 is 6.78. The van der Waals surface area contributed by atoms with Gasteiger partial charge in [0, 0.05) is 24.0 Å². The first-order valence-electron chi connectivity index (χ1n) is 7.63. The third kappa shape index (κ3) is 4.45. The fourth-order valence-electron chi connectivity index (χ4n) is 2.41. The number of nitrogens with one attached hydrogen (secondary N) is 1. The third-order valence-corrected chi connectivity index (χ3v) is 4.68. The van der Waals surface area contributed by atoms with Gasteiger partial charge in [-0.25, -0.2) is 0 Å². The molecule has 2 rings (SSSR count). The highest BCUT2D eigenvalue weighted by Crippen LogP contribution is 2.20. The first kappa shape index (κ1) is 17.3. The molecule has 1 amide bonds. The molecular formula is C17H22N2O3S. The lowest BCUT2D eigenvalue weighted by molar-refractivity contribution is -0.122. The van der Waals surface area contributed by atoms with Crippen LogP contribution in [0.2, 0.25) is 0 Å². The number of thiazole rings is 1. The molecular weight excluding hydrogens is 312 g/mol. The Morgan fingerprint density at radius 3 is 2.57 bits per heavy atom. The molecule has 5 nitrogen and oxygen atoms in total. The van der Waals surface area contributed by atoms with Gasteiger partial charge in [-0.1, -0.05) is 30.4 Å². The molecule has 23 heavy (non-hydrogen) atoms. The Morgan fingerprint density at radius 2 is 2.04 bits per heavy atom. The van der Waals surface area contributed by atoms with E-state index < -0.39 is 0 Å². The van der Waals surface area contributed by atoms with Gasteiger partial charge in [0.1, 0.15) is 5.75 Å². The smallest absolute Gasteiger partial charge is 0.307 e. The number of aromatic nitrogens is 1. The molecule has 0 saturated carbocycles. The monoisotopic (exact) mass is 334 g/mol. The van der Waals surface area contributed by atoms with Crippen LogP contribution in [0.3, 0.4) is 0 Å². The highest BCUT2D eigenvalue weighted by molar-refractivity contribution is 7.07. The summed E-state index contributed by atoms with van der Waals surface area (Å²) in [6.07, 6.45) is 1.10. The number of nitrogens with zero attached hydrogens (tertiary/aromatic N) is 1. The van der Waals surface area contributed by atoms with Crippen LogP contribution in [0, 0.1) is 6.92 Å². The lowest BCUT2D eigenvalue weighted by atomic mass is 10.0. The van der Waals surface area contributed by atoms with Crippen molar-refractivity contribution in [3.8, 4) is 5.75 Å². The fourth-order valence-corrected chi connectivity index (χ4v) is 3.17. The SMILES string of the molecule is CCC(NC(=O)CCn1c(C)csc1=O)c1ccc(OC)cc1. The van der Waals surface area contributed by atoms with Gasteiger partial charge in [0.05, 0.1) is 13.2 Å². The molecule has 0 aliphatic carbocycles. The Bertz CT molecular complexity index is 703. The van der Waals surface area contributed by atoms with E-state index in [0.717, 1.165) is 23.4 Å². The number of hydrogen-bond donors (Lipinski definition) is 1. The van der Waals surface area contributed by atoms with Crippen molar-refractivity contribution in [1.82, 2.24) is 9.88 Å². The van der Waals surface area contributed by atoms with Crippen LogP contribution in [-0.2, 0) is 11.3 Å². The molecule has 1 heterocycles. The van der Waals surface area contributed by atoms with E-state index in [1.165, 1.54) is 11.3 Å². The van der Waals surface area contributed by atoms with Crippen LogP contribution in [0.15, 0.2) is 34.4 Å². The quantitative estimate of drug-likeness (QED) is 0.847. The number of carbonyl (C=O) groups is 1. The number of ether oxygens (including phenoxy) is 1. The van der Waals surface area contributed by atoms with Crippen molar-refractivity contribution < 1.29 is 9.53 Å². The summed E-state index contributed by atoms with van der Waals surface area (Å²) in [6, 6.07) is 7.66. The van der Waals surface area contributed by atoms with Crippen molar-refractivity contribution in [2.75, 3.05) is 7.11 Å². The van der Waals surface area contributed by atoms with Gasteiger partial charge in [0.2, 0.25) is 5.91 Å². The second kappa shape index (κ2) is 7.97. The second-order valence-corrected chi connectivity index (χ2v) is 6.17. The Hall–Kier alpha value is -2.08. The van der Waals surface area contributed by atoms with Crippen LogP contribution in [0.4, 0.5) is 0 Å². The minimum Gasteiger partial charge on any atom is -0.497 e. The molecule has 1 N–H and O–H groups in total. The number of benzene rings is 1. The number of aryl methyl sites for hydroxylation is 1. The minimum atomic E-state index is -0.0508. The van der Waals surface area contributed by atoms with Gasteiger partial charge in [0.25, 0.3) is 0 Å². The third-order valence-electron chi connectivity index (χ3n) is 3.80. The average molecular weight is 334 g/mol. The fraction of sp³-hybridized carbons (Fsp3) is 0.412. The second-order valence-electron chi connectivity index (χ2n) is 5.35. The van der Waals surface area contributed by atoms with E-state index in [1.54, 1.807) is 11.7 Å². The van der Waals surface area contributed by atoms with Crippen LogP contribution < -0.4 is 14.9 Å². The molecule has 1 aromatic heterocycles. The number of hydrogen-bond acceptors (Lipinski definition) is 4. The first-order chi connectivity index (χ1) is 11.0. The topological polar surface area (TPSA) is 60.3 Å². The Morgan fingerprint density at radius 1 is 1.35 bits per heavy atom. The molecule has 6 heteroatoms. The van der Waals surface area contributed by atoms with Crippen molar-refractivity contribution in [2.24, 2.45) is 0 Å².